The fourth-order valence-corrected chi connectivity index (χ4v) is 3.05. The van der Waals surface area contributed by atoms with Gasteiger partial charge in [-0.25, -0.2) is 9.37 Å². The van der Waals surface area contributed by atoms with E-state index in [0.717, 1.165) is 12.1 Å². The molecule has 166 valence electrons. The van der Waals surface area contributed by atoms with Gasteiger partial charge in [-0.15, -0.1) is 13.2 Å². The third kappa shape index (κ3) is 5.66. The molecule has 3 rings (SSSR count). The second kappa shape index (κ2) is 9.25. The number of hydrogen-bond donors (Lipinski definition) is 1. The van der Waals surface area contributed by atoms with Gasteiger partial charge >= 0.3 is 6.36 Å². The van der Waals surface area contributed by atoms with E-state index in [1.165, 1.54) is 30.5 Å². The standard InChI is InChI=1S/C19H18F4N4O4/c1-30-10-14(11-4-5-15(12(20)7-11)31-19(21,22)23)26-18(29)13-8-24-9-16(25-13)27-6-2-3-17(27)28/h4-5,7-9,14H,2-3,6,10H2,1H3,(H,26,29). The molecule has 0 saturated carbocycles. The van der Waals surface area contributed by atoms with Gasteiger partial charge in [0, 0.05) is 20.1 Å². The van der Waals surface area contributed by atoms with Crippen molar-refractivity contribution >= 4 is 17.6 Å². The highest BCUT2D eigenvalue weighted by atomic mass is 19.4. The zero-order valence-electron chi connectivity index (χ0n) is 16.3. The maximum absolute atomic E-state index is 14.1. The third-order valence-corrected chi connectivity index (χ3v) is 4.43. The quantitative estimate of drug-likeness (QED) is 0.663. The van der Waals surface area contributed by atoms with Crippen molar-refractivity contribution in [1.82, 2.24) is 15.3 Å². The van der Waals surface area contributed by atoms with E-state index in [1.807, 2.05) is 0 Å². The molecule has 1 saturated heterocycles. The molecular formula is C19H18F4N4O4. The number of alkyl halides is 3. The molecule has 1 fully saturated rings. The van der Waals surface area contributed by atoms with Crippen LogP contribution < -0.4 is 15.0 Å². The van der Waals surface area contributed by atoms with Crippen LogP contribution in [0, 0.1) is 5.82 Å². The number of rotatable bonds is 7. The van der Waals surface area contributed by atoms with Crippen LogP contribution >= 0.6 is 0 Å². The highest BCUT2D eigenvalue weighted by molar-refractivity contribution is 5.96. The minimum Gasteiger partial charge on any atom is -0.403 e. The minimum atomic E-state index is -5.04. The summed E-state index contributed by atoms with van der Waals surface area (Å²) in [5.41, 5.74) is 0.0665. The van der Waals surface area contributed by atoms with E-state index in [2.05, 4.69) is 20.0 Å². The Balaban J connectivity index is 1.78. The van der Waals surface area contributed by atoms with Crippen molar-refractivity contribution in [2.24, 2.45) is 0 Å². The van der Waals surface area contributed by atoms with E-state index in [-0.39, 0.29) is 29.6 Å². The summed E-state index contributed by atoms with van der Waals surface area (Å²) in [6.45, 7) is 0.374. The zero-order valence-corrected chi connectivity index (χ0v) is 16.3. The molecule has 1 atom stereocenters. The Kier molecular flexibility index (Phi) is 6.68. The molecule has 2 heterocycles. The second-order valence-electron chi connectivity index (χ2n) is 6.63. The number of nitrogens with zero attached hydrogens (tertiary/aromatic N) is 3. The topological polar surface area (TPSA) is 93.7 Å². The van der Waals surface area contributed by atoms with Crippen LogP contribution in [-0.2, 0) is 9.53 Å². The van der Waals surface area contributed by atoms with Crippen LogP contribution in [0.5, 0.6) is 5.75 Å². The average molecular weight is 442 g/mol. The zero-order chi connectivity index (χ0) is 22.6. The molecule has 0 spiro atoms. The predicted octanol–water partition coefficient (Wildman–Crippen LogP) is 2.76. The van der Waals surface area contributed by atoms with Gasteiger partial charge in [-0.05, 0) is 24.1 Å². The monoisotopic (exact) mass is 442 g/mol. The fraction of sp³-hybridized carbons (Fsp3) is 0.368. The smallest absolute Gasteiger partial charge is 0.403 e. The number of benzene rings is 1. The van der Waals surface area contributed by atoms with Crippen LogP contribution in [0.2, 0.25) is 0 Å². The number of carbonyl (C=O) groups excluding carboxylic acids is 2. The van der Waals surface area contributed by atoms with E-state index in [4.69, 9.17) is 4.74 Å². The van der Waals surface area contributed by atoms with Gasteiger partial charge in [-0.1, -0.05) is 6.07 Å². The summed E-state index contributed by atoms with van der Waals surface area (Å²) in [5.74, 6) is -2.81. The Morgan fingerprint density at radius 3 is 2.71 bits per heavy atom. The van der Waals surface area contributed by atoms with Crippen molar-refractivity contribution in [3.05, 3.63) is 47.7 Å². The second-order valence-corrected chi connectivity index (χ2v) is 6.63. The van der Waals surface area contributed by atoms with Gasteiger partial charge in [-0.2, -0.15) is 0 Å². The number of halogens is 4. The van der Waals surface area contributed by atoms with Crippen molar-refractivity contribution in [3.8, 4) is 5.75 Å². The number of anilines is 1. The molecule has 1 unspecified atom stereocenters. The SMILES string of the molecule is COCC(NC(=O)c1cncc(N2CCCC2=O)n1)c1ccc(OC(F)(F)F)c(F)c1. The van der Waals surface area contributed by atoms with Gasteiger partial charge < -0.3 is 14.8 Å². The van der Waals surface area contributed by atoms with Gasteiger partial charge in [0.15, 0.2) is 17.4 Å². The molecule has 1 aromatic carbocycles. The van der Waals surface area contributed by atoms with Crippen molar-refractivity contribution in [2.75, 3.05) is 25.2 Å². The van der Waals surface area contributed by atoms with Gasteiger partial charge in [0.1, 0.15) is 5.69 Å². The van der Waals surface area contributed by atoms with E-state index >= 15 is 0 Å². The summed E-state index contributed by atoms with van der Waals surface area (Å²) in [7, 11) is 1.34. The number of hydrogen-bond acceptors (Lipinski definition) is 6. The van der Waals surface area contributed by atoms with E-state index in [0.29, 0.717) is 19.4 Å². The summed E-state index contributed by atoms with van der Waals surface area (Å²) in [6.07, 6.45) is -1.42. The van der Waals surface area contributed by atoms with Crippen LogP contribution in [-0.4, -0.2) is 48.4 Å². The summed E-state index contributed by atoms with van der Waals surface area (Å²) in [4.78, 5) is 34.0. The predicted molar refractivity (Wildman–Crippen MR) is 98.8 cm³/mol. The Morgan fingerprint density at radius 2 is 2.10 bits per heavy atom. The normalized spacial score (nSPS) is 15.1. The van der Waals surface area contributed by atoms with Crippen molar-refractivity contribution in [2.45, 2.75) is 25.2 Å². The molecular weight excluding hydrogens is 424 g/mol. The van der Waals surface area contributed by atoms with Crippen molar-refractivity contribution in [3.63, 3.8) is 0 Å². The van der Waals surface area contributed by atoms with Gasteiger partial charge in [0.05, 0.1) is 25.0 Å². The Morgan fingerprint density at radius 1 is 1.32 bits per heavy atom. The largest absolute Gasteiger partial charge is 0.573 e. The first-order valence-electron chi connectivity index (χ1n) is 9.15. The third-order valence-electron chi connectivity index (χ3n) is 4.43. The number of nitrogens with one attached hydrogen (secondary N) is 1. The lowest BCUT2D eigenvalue weighted by Crippen LogP contribution is -2.33. The van der Waals surface area contributed by atoms with Gasteiger partial charge in [-0.3, -0.25) is 19.5 Å². The Hall–Kier alpha value is -3.28. The van der Waals surface area contributed by atoms with E-state index in [9.17, 15) is 27.2 Å². The average Bonchev–Trinajstić information content (AvgIpc) is 3.14. The molecule has 1 N–H and O–H groups in total. The number of carbonyl (C=O) groups is 2. The molecule has 1 aromatic heterocycles. The number of amides is 2. The highest BCUT2D eigenvalue weighted by Crippen LogP contribution is 2.28. The molecule has 0 aliphatic carbocycles. The van der Waals surface area contributed by atoms with Crippen LogP contribution in [0.4, 0.5) is 23.4 Å². The van der Waals surface area contributed by atoms with Gasteiger partial charge in [0.2, 0.25) is 5.91 Å². The molecule has 8 nitrogen and oxygen atoms in total. The molecule has 0 bridgehead atoms. The maximum Gasteiger partial charge on any atom is 0.573 e. The Labute approximate surface area is 174 Å². The van der Waals surface area contributed by atoms with Crippen LogP contribution in [0.25, 0.3) is 0 Å². The molecule has 0 radical (unpaired) electrons. The summed E-state index contributed by atoms with van der Waals surface area (Å²) in [6, 6.07) is 1.91. The Bertz CT molecular complexity index is 970. The first kappa shape index (κ1) is 22.4. The number of aromatic nitrogens is 2. The van der Waals surface area contributed by atoms with Gasteiger partial charge in [0.25, 0.3) is 5.91 Å². The number of ether oxygens (including phenoxy) is 2. The summed E-state index contributed by atoms with van der Waals surface area (Å²) < 4.78 is 59.7. The van der Waals surface area contributed by atoms with E-state index in [1.54, 1.807) is 0 Å². The van der Waals surface area contributed by atoms with Crippen LogP contribution in [0.3, 0.4) is 0 Å². The minimum absolute atomic E-state index is 0.0872. The first-order valence-corrected chi connectivity index (χ1v) is 9.15. The highest BCUT2D eigenvalue weighted by Gasteiger charge is 2.32. The van der Waals surface area contributed by atoms with Crippen LogP contribution in [0.1, 0.15) is 34.9 Å². The molecule has 2 aromatic rings. The fourth-order valence-electron chi connectivity index (χ4n) is 3.05. The first-order chi connectivity index (χ1) is 14.7. The molecule has 2 amide bonds. The van der Waals surface area contributed by atoms with Crippen molar-refractivity contribution < 1.29 is 36.6 Å². The summed E-state index contributed by atoms with van der Waals surface area (Å²) in [5, 5.41) is 2.57. The van der Waals surface area contributed by atoms with Crippen molar-refractivity contribution in [1.29, 1.82) is 0 Å². The maximum atomic E-state index is 14.1. The number of methoxy groups -OCH3 is 1. The van der Waals surface area contributed by atoms with Crippen LogP contribution in [0.15, 0.2) is 30.6 Å². The van der Waals surface area contributed by atoms with E-state index < -0.39 is 29.9 Å². The molecule has 1 aliphatic rings. The lowest BCUT2D eigenvalue weighted by Gasteiger charge is -2.20. The molecule has 1 aliphatic heterocycles. The lowest BCUT2D eigenvalue weighted by molar-refractivity contribution is -0.275. The lowest BCUT2D eigenvalue weighted by atomic mass is 10.1. The molecule has 31 heavy (non-hydrogen) atoms. The summed E-state index contributed by atoms with van der Waals surface area (Å²) >= 11 is 0. The molecule has 12 heteroatoms.